The third-order valence-electron chi connectivity index (χ3n) is 4.17. The number of halogens is 3. The molecule has 0 amide bonds. The quantitative estimate of drug-likeness (QED) is 0.622. The lowest BCUT2D eigenvalue weighted by Crippen LogP contribution is -3.00. The van der Waals surface area contributed by atoms with Crippen LogP contribution < -0.4 is 30.1 Å². The first-order chi connectivity index (χ1) is 8.33. The van der Waals surface area contributed by atoms with Crippen LogP contribution in [0.15, 0.2) is 24.3 Å². The molecule has 3 aliphatic heterocycles. The zero-order chi connectivity index (χ0) is 11.7. The van der Waals surface area contributed by atoms with Crippen molar-refractivity contribution in [1.82, 2.24) is 10.2 Å². The van der Waals surface area contributed by atoms with Crippen molar-refractivity contribution in [1.29, 1.82) is 0 Å². The Labute approximate surface area is 132 Å². The van der Waals surface area contributed by atoms with Crippen LogP contribution in [0.25, 0.3) is 0 Å². The van der Waals surface area contributed by atoms with E-state index in [9.17, 15) is 0 Å². The Morgan fingerprint density at radius 2 is 1.84 bits per heavy atom. The molecule has 2 nitrogen and oxygen atoms in total. The Morgan fingerprint density at radius 3 is 2.42 bits per heavy atom. The molecule has 1 aromatic rings. The summed E-state index contributed by atoms with van der Waals surface area (Å²) >= 11 is 6.17. The van der Waals surface area contributed by atoms with Crippen molar-refractivity contribution in [3.63, 3.8) is 0 Å². The van der Waals surface area contributed by atoms with E-state index in [1.807, 2.05) is 12.1 Å². The fourth-order valence-corrected chi connectivity index (χ4v) is 3.28. The summed E-state index contributed by atoms with van der Waals surface area (Å²) in [6, 6.07) is 8.78. The Hall–Kier alpha value is 0.01000. The average Bonchev–Trinajstić information content (AvgIpc) is 2.39. The van der Waals surface area contributed by atoms with Crippen LogP contribution in [0.1, 0.15) is 18.4 Å². The number of rotatable bonds is 3. The molecule has 1 unspecified atom stereocenters. The third-order valence-corrected chi connectivity index (χ3v) is 4.54. The highest BCUT2D eigenvalue weighted by molar-refractivity contribution is 6.31. The van der Waals surface area contributed by atoms with E-state index in [0.29, 0.717) is 6.04 Å². The van der Waals surface area contributed by atoms with Crippen molar-refractivity contribution < 1.29 is 24.8 Å². The van der Waals surface area contributed by atoms with Crippen LogP contribution in [0, 0.1) is 5.92 Å². The Bertz CT molecular complexity index is 392. The Balaban J connectivity index is 0.000000902. The maximum absolute atomic E-state index is 6.17. The molecule has 0 aliphatic carbocycles. The molecular formula is C14H19Cl3N2-2. The topological polar surface area (TPSA) is 15.3 Å². The molecule has 1 N–H and O–H groups in total. The fourth-order valence-electron chi connectivity index (χ4n) is 3.08. The summed E-state index contributed by atoms with van der Waals surface area (Å²) in [5.74, 6) is 0.877. The van der Waals surface area contributed by atoms with Gasteiger partial charge in [0.25, 0.3) is 0 Å². The monoisotopic (exact) mass is 320 g/mol. The predicted molar refractivity (Wildman–Crippen MR) is 71.2 cm³/mol. The number of nitrogens with one attached hydrogen (secondary N) is 1. The molecule has 0 saturated carbocycles. The molecule has 1 aromatic carbocycles. The van der Waals surface area contributed by atoms with Crippen LogP contribution in [0.2, 0.25) is 5.02 Å². The molecule has 2 bridgehead atoms. The minimum Gasteiger partial charge on any atom is -1.00 e. The van der Waals surface area contributed by atoms with Gasteiger partial charge in [0.15, 0.2) is 0 Å². The van der Waals surface area contributed by atoms with Crippen LogP contribution in [0.4, 0.5) is 0 Å². The van der Waals surface area contributed by atoms with Gasteiger partial charge in [-0.2, -0.15) is 0 Å². The number of benzene rings is 1. The van der Waals surface area contributed by atoms with Crippen molar-refractivity contribution in [2.45, 2.75) is 25.4 Å². The smallest absolute Gasteiger partial charge is 0.0450 e. The first-order valence-electron chi connectivity index (χ1n) is 6.52. The SMILES string of the molecule is Clc1ccccc1CNC1CN2CCC1CC2.[Cl-].[Cl-]. The van der Waals surface area contributed by atoms with Gasteiger partial charge >= 0.3 is 0 Å². The Kier molecular flexibility index (Phi) is 6.92. The number of nitrogens with zero attached hydrogens (tertiary/aromatic N) is 1. The predicted octanol–water partition coefficient (Wildman–Crippen LogP) is -3.47. The lowest BCUT2D eigenvalue weighted by Gasteiger charge is -2.45. The molecule has 1 atom stereocenters. The van der Waals surface area contributed by atoms with Gasteiger partial charge in [-0.15, -0.1) is 0 Å². The summed E-state index contributed by atoms with van der Waals surface area (Å²) in [6.45, 7) is 4.72. The minimum absolute atomic E-state index is 0. The van der Waals surface area contributed by atoms with E-state index in [-0.39, 0.29) is 24.8 Å². The van der Waals surface area contributed by atoms with Crippen molar-refractivity contribution in [3.05, 3.63) is 34.9 Å². The largest absolute Gasteiger partial charge is 1.00 e. The molecule has 3 aliphatic rings. The van der Waals surface area contributed by atoms with Crippen molar-refractivity contribution in [3.8, 4) is 0 Å². The van der Waals surface area contributed by atoms with E-state index < -0.39 is 0 Å². The van der Waals surface area contributed by atoms with Gasteiger partial charge in [-0.05, 0) is 43.5 Å². The van der Waals surface area contributed by atoms with Crippen LogP contribution in [0.3, 0.4) is 0 Å². The normalized spacial score (nSPS) is 28.4. The number of hydrogen-bond donors (Lipinski definition) is 1. The van der Waals surface area contributed by atoms with E-state index in [4.69, 9.17) is 11.6 Å². The first kappa shape index (κ1) is 17.1. The molecule has 5 heteroatoms. The van der Waals surface area contributed by atoms with Crippen LogP contribution in [-0.4, -0.2) is 30.6 Å². The van der Waals surface area contributed by atoms with E-state index >= 15 is 0 Å². The minimum atomic E-state index is 0. The highest BCUT2D eigenvalue weighted by Crippen LogP contribution is 2.27. The highest BCUT2D eigenvalue weighted by Gasteiger charge is 2.33. The lowest BCUT2D eigenvalue weighted by atomic mass is 9.84. The van der Waals surface area contributed by atoms with E-state index in [0.717, 1.165) is 17.5 Å². The summed E-state index contributed by atoms with van der Waals surface area (Å²) in [5, 5.41) is 4.56. The highest BCUT2D eigenvalue weighted by atomic mass is 35.5. The van der Waals surface area contributed by atoms with Gasteiger partial charge in [-0.3, -0.25) is 0 Å². The average molecular weight is 322 g/mol. The van der Waals surface area contributed by atoms with Crippen LogP contribution in [-0.2, 0) is 6.54 Å². The van der Waals surface area contributed by atoms with Crippen LogP contribution >= 0.6 is 11.6 Å². The van der Waals surface area contributed by atoms with Gasteiger partial charge in [0.05, 0.1) is 0 Å². The maximum atomic E-state index is 6.17. The summed E-state index contributed by atoms with van der Waals surface area (Å²) in [5.41, 5.74) is 1.21. The second-order valence-corrected chi connectivity index (χ2v) is 5.62. The molecule has 0 spiro atoms. The molecule has 3 saturated heterocycles. The van der Waals surface area contributed by atoms with Gasteiger partial charge in [-0.25, -0.2) is 0 Å². The fraction of sp³-hybridized carbons (Fsp3) is 0.571. The molecule has 3 fully saturated rings. The third kappa shape index (κ3) is 3.99. The second-order valence-electron chi connectivity index (χ2n) is 5.22. The zero-order valence-corrected chi connectivity index (χ0v) is 13.1. The maximum Gasteiger partial charge on any atom is 0.0450 e. The first-order valence-corrected chi connectivity index (χ1v) is 6.90. The van der Waals surface area contributed by atoms with Gasteiger partial charge in [0.1, 0.15) is 0 Å². The number of piperidine rings is 3. The van der Waals surface area contributed by atoms with Gasteiger partial charge in [-0.1, -0.05) is 29.8 Å². The second kappa shape index (κ2) is 7.70. The van der Waals surface area contributed by atoms with Crippen molar-refractivity contribution in [2.75, 3.05) is 19.6 Å². The van der Waals surface area contributed by atoms with Gasteiger partial charge in [0.2, 0.25) is 0 Å². The van der Waals surface area contributed by atoms with Crippen molar-refractivity contribution >= 4 is 11.6 Å². The van der Waals surface area contributed by atoms with Crippen molar-refractivity contribution in [2.24, 2.45) is 5.92 Å². The van der Waals surface area contributed by atoms with E-state index in [1.54, 1.807) is 0 Å². The number of hydrogen-bond acceptors (Lipinski definition) is 2. The van der Waals surface area contributed by atoms with Gasteiger partial charge < -0.3 is 35.0 Å². The zero-order valence-electron chi connectivity index (χ0n) is 10.8. The standard InChI is InChI=1S/C14H19ClN2.2ClH/c15-13-4-2-1-3-12(13)9-16-14-10-17-7-5-11(14)6-8-17;;/h1-4,11,14,16H,5-10H2;2*1H/p-2. The summed E-state index contributed by atoms with van der Waals surface area (Å²) in [4.78, 5) is 2.57. The van der Waals surface area contributed by atoms with Gasteiger partial charge in [0, 0.05) is 24.2 Å². The molecule has 3 heterocycles. The number of fused-ring (bicyclic) bond motifs is 3. The van der Waals surface area contributed by atoms with E-state index in [2.05, 4.69) is 22.3 Å². The molecule has 0 aromatic heterocycles. The van der Waals surface area contributed by atoms with E-state index in [1.165, 1.54) is 38.0 Å². The molecule has 0 radical (unpaired) electrons. The summed E-state index contributed by atoms with van der Waals surface area (Å²) < 4.78 is 0. The van der Waals surface area contributed by atoms with Crippen LogP contribution in [0.5, 0.6) is 0 Å². The Morgan fingerprint density at radius 1 is 1.16 bits per heavy atom. The molecule has 19 heavy (non-hydrogen) atoms. The summed E-state index contributed by atoms with van der Waals surface area (Å²) in [7, 11) is 0. The lowest BCUT2D eigenvalue weighted by molar-refractivity contribution is -0.001000. The molecule has 108 valence electrons. The molecular weight excluding hydrogens is 303 g/mol. The molecule has 4 rings (SSSR count). The summed E-state index contributed by atoms with van der Waals surface area (Å²) in [6.07, 6.45) is 2.72.